The van der Waals surface area contributed by atoms with Crippen molar-refractivity contribution in [1.29, 1.82) is 0 Å². The molecule has 10 nitrogen and oxygen atoms in total. The van der Waals surface area contributed by atoms with E-state index in [9.17, 15) is 22.4 Å². The van der Waals surface area contributed by atoms with Gasteiger partial charge in [0.15, 0.2) is 11.5 Å². The smallest absolute Gasteiger partial charge is 0.408 e. The number of hydrogen-bond acceptors (Lipinski definition) is 7. The zero-order valence-electron chi connectivity index (χ0n) is 21.4. The molecule has 1 saturated heterocycles. The van der Waals surface area contributed by atoms with Gasteiger partial charge in [-0.05, 0) is 30.2 Å². The number of carbonyl (C=O) groups is 1. The van der Waals surface area contributed by atoms with E-state index in [1.54, 1.807) is 19.2 Å². The van der Waals surface area contributed by atoms with E-state index in [-0.39, 0.29) is 43.3 Å². The minimum Gasteiger partial charge on any atom is -0.491 e. The van der Waals surface area contributed by atoms with Gasteiger partial charge < -0.3 is 19.9 Å². The van der Waals surface area contributed by atoms with E-state index in [4.69, 9.17) is 14.6 Å². The van der Waals surface area contributed by atoms with Gasteiger partial charge in [-0.2, -0.15) is 13.2 Å². The van der Waals surface area contributed by atoms with Crippen LogP contribution in [0, 0.1) is 5.82 Å². The van der Waals surface area contributed by atoms with Crippen molar-refractivity contribution >= 4 is 22.6 Å². The van der Waals surface area contributed by atoms with Crippen LogP contribution in [0.15, 0.2) is 42.6 Å². The number of likely N-dealkylation sites (tertiary alicyclic amines) is 1. The average molecular weight is 563 g/mol. The molecular formula is C26H26F4N6O4. The third-order valence-electron chi connectivity index (χ3n) is 6.67. The highest BCUT2D eigenvalue weighted by molar-refractivity contribution is 5.86. The topological polar surface area (TPSA) is 114 Å². The Hall–Kier alpha value is -4.04. The van der Waals surface area contributed by atoms with Gasteiger partial charge in [0.2, 0.25) is 0 Å². The Morgan fingerprint density at radius 2 is 2.02 bits per heavy atom. The Morgan fingerprint density at radius 3 is 2.77 bits per heavy atom. The molecule has 5 rings (SSSR count). The summed E-state index contributed by atoms with van der Waals surface area (Å²) in [5.41, 5.74) is 0.929. The number of fused-ring (bicyclic) bond motifs is 2. The molecule has 14 heteroatoms. The highest BCUT2D eigenvalue weighted by Gasteiger charge is 2.47. The summed E-state index contributed by atoms with van der Waals surface area (Å²) in [5.74, 6) is -0.0819. The van der Waals surface area contributed by atoms with E-state index in [1.165, 1.54) is 39.8 Å². The maximum atomic E-state index is 14.3. The minimum absolute atomic E-state index is 0.0537. The van der Waals surface area contributed by atoms with Crippen molar-refractivity contribution in [3.63, 3.8) is 0 Å². The zero-order chi connectivity index (χ0) is 28.4. The minimum atomic E-state index is -4.62. The molecule has 1 aliphatic rings. The van der Waals surface area contributed by atoms with E-state index in [1.807, 2.05) is 0 Å². The lowest BCUT2D eigenvalue weighted by Crippen LogP contribution is -2.40. The number of alkyl halides is 3. The van der Waals surface area contributed by atoms with Crippen molar-refractivity contribution in [1.82, 2.24) is 29.8 Å². The van der Waals surface area contributed by atoms with E-state index in [0.29, 0.717) is 35.3 Å². The number of amides is 1. The van der Waals surface area contributed by atoms with Crippen LogP contribution in [0.5, 0.6) is 5.75 Å². The average Bonchev–Trinajstić information content (AvgIpc) is 3.52. The third kappa shape index (κ3) is 5.77. The Morgan fingerprint density at radius 1 is 1.20 bits per heavy atom. The summed E-state index contributed by atoms with van der Waals surface area (Å²) in [5, 5.41) is 20.0. The van der Waals surface area contributed by atoms with E-state index < -0.39 is 30.2 Å². The summed E-state index contributed by atoms with van der Waals surface area (Å²) in [6.45, 7) is 0.721. The van der Waals surface area contributed by atoms with Crippen molar-refractivity contribution in [3.05, 3.63) is 54.0 Å². The third-order valence-corrected chi connectivity index (χ3v) is 6.67. The molecule has 4 heterocycles. The largest absolute Gasteiger partial charge is 0.491 e. The molecule has 3 aromatic heterocycles. The summed E-state index contributed by atoms with van der Waals surface area (Å²) in [7, 11) is 1.56. The molecule has 0 aliphatic carbocycles. The van der Waals surface area contributed by atoms with Crippen molar-refractivity contribution < 1.29 is 36.9 Å². The number of rotatable bonds is 9. The van der Waals surface area contributed by atoms with Crippen LogP contribution < -0.4 is 10.1 Å². The molecule has 212 valence electrons. The molecule has 2 N–H and O–H groups in total. The predicted molar refractivity (Wildman–Crippen MR) is 136 cm³/mol. The SMILES string of the molecule is COCCCOc1cc(F)cc2ccc(-c3nnc4ccc([C@@H](N5CC[C@H](NC(=O)O)C5)C(F)(F)F)cn34)nc12. The van der Waals surface area contributed by atoms with Crippen LogP contribution in [0.1, 0.15) is 24.4 Å². The molecular weight excluding hydrogens is 536 g/mol. The number of nitrogens with zero attached hydrogens (tertiary/aromatic N) is 5. The number of methoxy groups -OCH3 is 1. The van der Waals surface area contributed by atoms with Crippen molar-refractivity contribution in [2.75, 3.05) is 33.4 Å². The molecule has 1 aromatic carbocycles. The number of benzene rings is 1. The fourth-order valence-electron chi connectivity index (χ4n) is 4.95. The van der Waals surface area contributed by atoms with E-state index in [2.05, 4.69) is 20.5 Å². The van der Waals surface area contributed by atoms with Gasteiger partial charge in [0.1, 0.15) is 28.8 Å². The highest BCUT2D eigenvalue weighted by atomic mass is 19.4. The quantitative estimate of drug-likeness (QED) is 0.227. The maximum absolute atomic E-state index is 14.3. The number of halogens is 4. The lowest BCUT2D eigenvalue weighted by Gasteiger charge is -2.30. The van der Waals surface area contributed by atoms with Crippen LogP contribution in [-0.4, -0.2) is 81.3 Å². The number of pyridine rings is 2. The normalized spacial score (nSPS) is 17.0. The number of hydrogen-bond donors (Lipinski definition) is 2. The number of ether oxygens (including phenoxy) is 2. The summed E-state index contributed by atoms with van der Waals surface area (Å²) >= 11 is 0. The molecule has 0 spiro atoms. The standard InChI is InChI=1S/C26H26F4N6O4/c1-39-9-2-10-40-20-12-17(27)11-15-3-5-19(32-22(15)20)24-34-33-21-6-4-16(13-36(21)24)23(26(28,29)30)35-8-7-18(14-35)31-25(37)38/h3-6,11-13,18,23,31H,2,7-10,14H2,1H3,(H,37,38)/t18-,23+/m0/s1. The van der Waals surface area contributed by atoms with Gasteiger partial charge in [-0.1, -0.05) is 12.1 Å². The fourth-order valence-corrected chi connectivity index (χ4v) is 4.95. The monoisotopic (exact) mass is 562 g/mol. The fraction of sp³-hybridized carbons (Fsp3) is 0.385. The van der Waals surface area contributed by atoms with Crippen molar-refractivity contribution in [2.24, 2.45) is 0 Å². The first kappa shape index (κ1) is 27.5. The van der Waals surface area contributed by atoms with Crippen molar-refractivity contribution in [2.45, 2.75) is 31.1 Å². The van der Waals surface area contributed by atoms with Crippen molar-refractivity contribution in [3.8, 4) is 17.3 Å². The second kappa shape index (κ2) is 11.2. The molecule has 1 amide bonds. The highest BCUT2D eigenvalue weighted by Crippen LogP contribution is 2.40. The van der Waals surface area contributed by atoms with Gasteiger partial charge in [0.05, 0.1) is 6.61 Å². The second-order valence-corrected chi connectivity index (χ2v) is 9.46. The summed E-state index contributed by atoms with van der Waals surface area (Å²) in [4.78, 5) is 16.8. The Labute approximate surface area is 225 Å². The van der Waals surface area contributed by atoms with Gasteiger partial charge in [0.25, 0.3) is 0 Å². The summed E-state index contributed by atoms with van der Waals surface area (Å²) in [6, 6.07) is 5.96. The molecule has 1 aliphatic heterocycles. The second-order valence-electron chi connectivity index (χ2n) is 9.46. The Kier molecular flexibility index (Phi) is 7.72. The van der Waals surface area contributed by atoms with Crippen LogP contribution in [0.2, 0.25) is 0 Å². The number of nitrogens with one attached hydrogen (secondary N) is 1. The molecule has 4 aromatic rings. The summed E-state index contributed by atoms with van der Waals surface area (Å²) < 4.78 is 69.3. The molecule has 0 bridgehead atoms. The van der Waals surface area contributed by atoms with Gasteiger partial charge in [0, 0.05) is 56.9 Å². The van der Waals surface area contributed by atoms with Gasteiger partial charge in [-0.15, -0.1) is 10.2 Å². The Balaban J connectivity index is 1.51. The van der Waals surface area contributed by atoms with Gasteiger partial charge >= 0.3 is 12.3 Å². The van der Waals surface area contributed by atoms with Crippen LogP contribution >= 0.6 is 0 Å². The molecule has 1 fully saturated rings. The lowest BCUT2D eigenvalue weighted by molar-refractivity contribution is -0.184. The van der Waals surface area contributed by atoms with Gasteiger partial charge in [-0.25, -0.2) is 14.2 Å². The Bertz CT molecular complexity index is 1530. The summed E-state index contributed by atoms with van der Waals surface area (Å²) in [6.07, 6.45) is -3.74. The van der Waals surface area contributed by atoms with Crippen LogP contribution in [0.4, 0.5) is 22.4 Å². The number of aromatic nitrogens is 4. The van der Waals surface area contributed by atoms with Crippen LogP contribution in [0.25, 0.3) is 28.1 Å². The van der Waals surface area contributed by atoms with Crippen LogP contribution in [-0.2, 0) is 4.74 Å². The lowest BCUT2D eigenvalue weighted by atomic mass is 10.1. The molecule has 0 saturated carbocycles. The van der Waals surface area contributed by atoms with E-state index >= 15 is 0 Å². The predicted octanol–water partition coefficient (Wildman–Crippen LogP) is 4.44. The first-order valence-corrected chi connectivity index (χ1v) is 12.5. The first-order valence-electron chi connectivity index (χ1n) is 12.5. The van der Waals surface area contributed by atoms with Crippen LogP contribution in [0.3, 0.4) is 0 Å². The maximum Gasteiger partial charge on any atom is 0.408 e. The number of carboxylic acid groups (broad SMARTS) is 1. The molecule has 40 heavy (non-hydrogen) atoms. The molecule has 0 radical (unpaired) electrons. The first-order chi connectivity index (χ1) is 19.1. The molecule has 2 atom stereocenters. The zero-order valence-corrected chi connectivity index (χ0v) is 21.4. The molecule has 0 unspecified atom stereocenters. The van der Waals surface area contributed by atoms with E-state index in [0.717, 1.165) is 0 Å². The van der Waals surface area contributed by atoms with Gasteiger partial charge in [-0.3, -0.25) is 9.30 Å².